The molecule has 0 rings (SSSR count). The molecular formula is C9H19N3. The van der Waals surface area contributed by atoms with Gasteiger partial charge >= 0.3 is 0 Å². The lowest BCUT2D eigenvalue weighted by Crippen LogP contribution is -2.29. The van der Waals surface area contributed by atoms with Gasteiger partial charge in [0.15, 0.2) is 0 Å². The normalized spacial score (nSPS) is 12.9. The van der Waals surface area contributed by atoms with Crippen LogP contribution < -0.4 is 5.32 Å². The Morgan fingerprint density at radius 2 is 2.17 bits per heavy atom. The zero-order valence-corrected chi connectivity index (χ0v) is 8.30. The zero-order valence-electron chi connectivity index (χ0n) is 8.30. The molecule has 0 aromatic rings. The number of nitrogens with one attached hydrogen (secondary N) is 1. The van der Waals surface area contributed by atoms with Crippen LogP contribution in [0.2, 0.25) is 0 Å². The van der Waals surface area contributed by atoms with Crippen molar-refractivity contribution in [2.24, 2.45) is 0 Å². The summed E-state index contributed by atoms with van der Waals surface area (Å²) in [6, 6.07) is 2.22. The third kappa shape index (κ3) is 5.11. The highest BCUT2D eigenvalue weighted by Gasteiger charge is 2.04. The van der Waals surface area contributed by atoms with Crippen LogP contribution in [0.3, 0.4) is 0 Å². The van der Waals surface area contributed by atoms with E-state index < -0.39 is 0 Å². The first kappa shape index (κ1) is 11.4. The van der Waals surface area contributed by atoms with E-state index in [1.807, 2.05) is 7.05 Å². The van der Waals surface area contributed by atoms with Crippen LogP contribution in [0.4, 0.5) is 0 Å². The number of nitrogens with zero attached hydrogens (tertiary/aromatic N) is 2. The van der Waals surface area contributed by atoms with Crippen LogP contribution in [0, 0.1) is 11.3 Å². The molecule has 1 atom stereocenters. The Morgan fingerprint density at radius 3 is 2.58 bits per heavy atom. The fraction of sp³-hybridized carbons (Fsp3) is 0.889. The number of hydrogen-bond donors (Lipinski definition) is 1. The van der Waals surface area contributed by atoms with Crippen molar-refractivity contribution in [2.45, 2.75) is 25.8 Å². The molecule has 0 aromatic heterocycles. The first-order chi connectivity index (χ1) is 5.74. The van der Waals surface area contributed by atoms with E-state index in [-0.39, 0.29) is 6.04 Å². The third-order valence-electron chi connectivity index (χ3n) is 1.91. The Balaban J connectivity index is 3.46. The number of rotatable bonds is 6. The molecule has 0 spiro atoms. The van der Waals surface area contributed by atoms with Crippen molar-refractivity contribution in [3.8, 4) is 6.07 Å². The lowest BCUT2D eigenvalue weighted by atomic mass is 10.2. The van der Waals surface area contributed by atoms with E-state index in [0.29, 0.717) is 0 Å². The van der Waals surface area contributed by atoms with Gasteiger partial charge in [-0.25, -0.2) is 0 Å². The molecule has 0 aromatic carbocycles. The lowest BCUT2D eigenvalue weighted by Gasteiger charge is -2.16. The summed E-state index contributed by atoms with van der Waals surface area (Å²) < 4.78 is 0. The molecule has 12 heavy (non-hydrogen) atoms. The van der Waals surface area contributed by atoms with Gasteiger partial charge in [-0.05, 0) is 33.5 Å². The second-order valence-electron chi connectivity index (χ2n) is 3.06. The predicted octanol–water partition coefficient (Wildman–Crippen LogP) is 0.830. The molecule has 0 aliphatic heterocycles. The van der Waals surface area contributed by atoms with E-state index in [9.17, 15) is 0 Å². The zero-order chi connectivity index (χ0) is 9.40. The summed E-state index contributed by atoms with van der Waals surface area (Å²) in [4.78, 5) is 2.25. The number of hydrogen-bond acceptors (Lipinski definition) is 3. The molecule has 3 nitrogen and oxygen atoms in total. The van der Waals surface area contributed by atoms with Gasteiger partial charge in [-0.15, -0.1) is 0 Å². The second-order valence-corrected chi connectivity index (χ2v) is 3.06. The van der Waals surface area contributed by atoms with E-state index in [0.717, 1.165) is 19.5 Å². The largest absolute Gasteiger partial charge is 0.306 e. The summed E-state index contributed by atoms with van der Waals surface area (Å²) in [7, 11) is 3.92. The summed E-state index contributed by atoms with van der Waals surface area (Å²) in [6.45, 7) is 4.27. The van der Waals surface area contributed by atoms with E-state index in [2.05, 4.69) is 30.3 Å². The van der Waals surface area contributed by atoms with Crippen molar-refractivity contribution in [3.63, 3.8) is 0 Å². The van der Waals surface area contributed by atoms with Crippen molar-refractivity contribution >= 4 is 0 Å². The monoisotopic (exact) mass is 169 g/mol. The maximum Gasteiger partial charge on any atom is 0.0962 e. The molecule has 0 saturated heterocycles. The Bertz CT molecular complexity index is 139. The third-order valence-corrected chi connectivity index (χ3v) is 1.91. The van der Waals surface area contributed by atoms with Crippen LogP contribution in [0.25, 0.3) is 0 Å². The van der Waals surface area contributed by atoms with Crippen molar-refractivity contribution in [2.75, 3.05) is 27.2 Å². The Morgan fingerprint density at radius 1 is 1.50 bits per heavy atom. The Kier molecular flexibility index (Phi) is 6.73. The van der Waals surface area contributed by atoms with Crippen LogP contribution in [0.15, 0.2) is 0 Å². The molecule has 0 saturated carbocycles. The highest BCUT2D eigenvalue weighted by molar-refractivity contribution is 4.88. The molecule has 0 fully saturated rings. The maximum absolute atomic E-state index is 8.64. The molecule has 0 amide bonds. The molecule has 1 unspecified atom stereocenters. The lowest BCUT2D eigenvalue weighted by molar-refractivity contribution is 0.321. The molecule has 70 valence electrons. The van der Waals surface area contributed by atoms with Crippen LogP contribution in [-0.2, 0) is 0 Å². The van der Waals surface area contributed by atoms with E-state index in [1.54, 1.807) is 0 Å². The molecule has 3 heteroatoms. The summed E-state index contributed by atoms with van der Waals surface area (Å²) >= 11 is 0. The van der Waals surface area contributed by atoms with Gasteiger partial charge in [0.25, 0.3) is 0 Å². The standard InChI is InChI=1S/C9H19N3/c1-4-6-12(3)7-5-9(8-10)11-2/h9,11H,4-7H2,1-3H3. The average Bonchev–Trinajstić information content (AvgIpc) is 2.07. The summed E-state index contributed by atoms with van der Waals surface area (Å²) in [5.41, 5.74) is 0. The average molecular weight is 169 g/mol. The van der Waals surface area contributed by atoms with E-state index >= 15 is 0 Å². The summed E-state index contributed by atoms with van der Waals surface area (Å²) in [5.74, 6) is 0. The molecule has 0 aliphatic rings. The van der Waals surface area contributed by atoms with E-state index in [1.165, 1.54) is 6.42 Å². The van der Waals surface area contributed by atoms with Gasteiger partial charge in [0.1, 0.15) is 0 Å². The predicted molar refractivity (Wildman–Crippen MR) is 50.9 cm³/mol. The highest BCUT2D eigenvalue weighted by atomic mass is 15.1. The fourth-order valence-electron chi connectivity index (χ4n) is 1.12. The maximum atomic E-state index is 8.64. The number of nitriles is 1. The fourth-order valence-corrected chi connectivity index (χ4v) is 1.12. The first-order valence-electron chi connectivity index (χ1n) is 4.50. The van der Waals surface area contributed by atoms with Gasteiger partial charge in [-0.3, -0.25) is 0 Å². The van der Waals surface area contributed by atoms with Gasteiger partial charge in [0.2, 0.25) is 0 Å². The molecular weight excluding hydrogens is 150 g/mol. The van der Waals surface area contributed by atoms with Crippen molar-refractivity contribution in [1.29, 1.82) is 5.26 Å². The van der Waals surface area contributed by atoms with Crippen LogP contribution in [0.5, 0.6) is 0 Å². The minimum atomic E-state index is 0.00399. The summed E-state index contributed by atoms with van der Waals surface area (Å²) in [6.07, 6.45) is 2.08. The smallest absolute Gasteiger partial charge is 0.0962 e. The minimum Gasteiger partial charge on any atom is -0.306 e. The van der Waals surface area contributed by atoms with E-state index in [4.69, 9.17) is 5.26 Å². The second kappa shape index (κ2) is 7.08. The van der Waals surface area contributed by atoms with Gasteiger partial charge in [-0.2, -0.15) is 5.26 Å². The van der Waals surface area contributed by atoms with Gasteiger partial charge in [0.05, 0.1) is 12.1 Å². The van der Waals surface area contributed by atoms with Crippen molar-refractivity contribution in [3.05, 3.63) is 0 Å². The first-order valence-corrected chi connectivity index (χ1v) is 4.50. The van der Waals surface area contributed by atoms with Crippen LogP contribution in [-0.4, -0.2) is 38.1 Å². The molecule has 1 N–H and O–H groups in total. The molecule has 0 bridgehead atoms. The quantitative estimate of drug-likeness (QED) is 0.640. The SMILES string of the molecule is CCCN(C)CCC(C#N)NC. The van der Waals surface area contributed by atoms with Gasteiger partial charge in [0, 0.05) is 6.54 Å². The Hall–Kier alpha value is -0.590. The highest BCUT2D eigenvalue weighted by Crippen LogP contribution is 1.93. The van der Waals surface area contributed by atoms with Gasteiger partial charge in [-0.1, -0.05) is 6.92 Å². The Labute approximate surface area is 75.4 Å². The van der Waals surface area contributed by atoms with Crippen molar-refractivity contribution in [1.82, 2.24) is 10.2 Å². The van der Waals surface area contributed by atoms with Crippen LogP contribution >= 0.6 is 0 Å². The molecule has 0 heterocycles. The van der Waals surface area contributed by atoms with Crippen LogP contribution in [0.1, 0.15) is 19.8 Å². The summed E-state index contributed by atoms with van der Waals surface area (Å²) in [5, 5.41) is 11.6. The van der Waals surface area contributed by atoms with Gasteiger partial charge < -0.3 is 10.2 Å². The minimum absolute atomic E-state index is 0.00399. The topological polar surface area (TPSA) is 39.1 Å². The molecule has 0 aliphatic carbocycles. The molecule has 0 radical (unpaired) electrons. The van der Waals surface area contributed by atoms with Crippen molar-refractivity contribution < 1.29 is 0 Å².